The van der Waals surface area contributed by atoms with Gasteiger partial charge in [0.25, 0.3) is 0 Å². The van der Waals surface area contributed by atoms with Crippen molar-refractivity contribution in [3.63, 3.8) is 0 Å². The number of nitrogens with one attached hydrogen (secondary N) is 1. The molecular weight excluding hydrogens is 240 g/mol. The summed E-state index contributed by atoms with van der Waals surface area (Å²) in [5, 5.41) is 3.57. The van der Waals surface area contributed by atoms with E-state index in [9.17, 15) is 4.79 Å². The van der Waals surface area contributed by atoms with Crippen molar-refractivity contribution in [2.24, 2.45) is 11.7 Å². The van der Waals surface area contributed by atoms with Gasteiger partial charge >= 0.3 is 0 Å². The van der Waals surface area contributed by atoms with Crippen LogP contribution in [-0.4, -0.2) is 21.5 Å². The second-order valence-corrected chi connectivity index (χ2v) is 5.72. The highest BCUT2D eigenvalue weighted by molar-refractivity contribution is 5.76. The molecule has 0 aromatic carbocycles. The van der Waals surface area contributed by atoms with E-state index in [-0.39, 0.29) is 11.8 Å². The van der Waals surface area contributed by atoms with Crippen LogP contribution < -0.4 is 11.1 Å². The third-order valence-electron chi connectivity index (χ3n) is 4.00. The van der Waals surface area contributed by atoms with Crippen molar-refractivity contribution in [1.82, 2.24) is 14.9 Å². The van der Waals surface area contributed by atoms with Crippen LogP contribution in [0, 0.1) is 5.92 Å². The first kappa shape index (κ1) is 14.1. The highest BCUT2D eigenvalue weighted by atomic mass is 16.1. The number of nitrogens with zero attached hydrogens (tertiary/aromatic N) is 2. The zero-order chi connectivity index (χ0) is 13.8. The first-order valence-corrected chi connectivity index (χ1v) is 7.11. The van der Waals surface area contributed by atoms with Gasteiger partial charge in [0.05, 0.1) is 12.0 Å². The molecule has 5 nitrogen and oxygen atoms in total. The third kappa shape index (κ3) is 3.56. The lowest BCUT2D eigenvalue weighted by Crippen LogP contribution is -2.36. The van der Waals surface area contributed by atoms with E-state index in [1.807, 2.05) is 12.5 Å². The number of carbonyl (C=O) groups excluding carboxylic acids is 1. The van der Waals surface area contributed by atoms with Crippen molar-refractivity contribution in [2.75, 3.05) is 0 Å². The molecule has 1 aliphatic carbocycles. The van der Waals surface area contributed by atoms with Crippen LogP contribution >= 0.6 is 0 Å². The van der Waals surface area contributed by atoms with Gasteiger partial charge in [0, 0.05) is 30.7 Å². The van der Waals surface area contributed by atoms with E-state index < -0.39 is 0 Å². The lowest BCUT2D eigenvalue weighted by atomic mass is 9.85. The maximum absolute atomic E-state index is 11.1. The van der Waals surface area contributed by atoms with E-state index >= 15 is 0 Å². The van der Waals surface area contributed by atoms with E-state index in [0.29, 0.717) is 12.1 Å². The Balaban J connectivity index is 1.80. The van der Waals surface area contributed by atoms with Crippen molar-refractivity contribution < 1.29 is 4.79 Å². The molecule has 1 amide bonds. The van der Waals surface area contributed by atoms with Gasteiger partial charge in [-0.15, -0.1) is 0 Å². The van der Waals surface area contributed by atoms with Gasteiger partial charge < -0.3 is 15.6 Å². The molecule has 0 saturated heterocycles. The van der Waals surface area contributed by atoms with Crippen molar-refractivity contribution in [2.45, 2.75) is 58.2 Å². The zero-order valence-corrected chi connectivity index (χ0v) is 11.8. The van der Waals surface area contributed by atoms with Crippen LogP contribution in [0.4, 0.5) is 0 Å². The van der Waals surface area contributed by atoms with Crippen molar-refractivity contribution in [3.8, 4) is 0 Å². The molecule has 3 N–H and O–H groups in total. The second kappa shape index (κ2) is 6.19. The Morgan fingerprint density at radius 3 is 2.74 bits per heavy atom. The minimum Gasteiger partial charge on any atom is -0.369 e. The van der Waals surface area contributed by atoms with Gasteiger partial charge in [0.1, 0.15) is 0 Å². The topological polar surface area (TPSA) is 72.9 Å². The number of hydrogen-bond donors (Lipinski definition) is 2. The summed E-state index contributed by atoms with van der Waals surface area (Å²) >= 11 is 0. The molecule has 0 bridgehead atoms. The number of amides is 1. The zero-order valence-electron chi connectivity index (χ0n) is 11.8. The molecule has 1 aliphatic rings. The lowest BCUT2D eigenvalue weighted by Gasteiger charge is -2.27. The maximum atomic E-state index is 11.1. The summed E-state index contributed by atoms with van der Waals surface area (Å²) in [6.07, 6.45) is 7.69. The summed E-state index contributed by atoms with van der Waals surface area (Å²) < 4.78 is 2.18. The van der Waals surface area contributed by atoms with Gasteiger partial charge in [0.15, 0.2) is 0 Å². The molecule has 0 aliphatic heterocycles. The molecule has 19 heavy (non-hydrogen) atoms. The monoisotopic (exact) mass is 264 g/mol. The van der Waals surface area contributed by atoms with Gasteiger partial charge in [-0.2, -0.15) is 0 Å². The predicted molar refractivity (Wildman–Crippen MR) is 74.4 cm³/mol. The minimum absolute atomic E-state index is 0.0826. The predicted octanol–water partition coefficient (Wildman–Crippen LogP) is 1.60. The molecule has 5 heteroatoms. The largest absolute Gasteiger partial charge is 0.369 e. The Morgan fingerprint density at radius 1 is 1.47 bits per heavy atom. The van der Waals surface area contributed by atoms with E-state index in [1.54, 1.807) is 0 Å². The molecule has 0 atom stereocenters. The summed E-state index contributed by atoms with van der Waals surface area (Å²) in [5.41, 5.74) is 6.56. The van der Waals surface area contributed by atoms with Gasteiger partial charge in [-0.05, 0) is 39.5 Å². The summed E-state index contributed by atoms with van der Waals surface area (Å²) in [5.74, 6) is -0.0597. The number of aromatic nitrogens is 2. The van der Waals surface area contributed by atoms with E-state index in [1.165, 1.54) is 5.69 Å². The molecule has 0 unspecified atom stereocenters. The molecule has 1 aromatic heterocycles. The fraction of sp³-hybridized carbons (Fsp3) is 0.714. The van der Waals surface area contributed by atoms with Crippen LogP contribution in [-0.2, 0) is 11.3 Å². The molecule has 1 aromatic rings. The normalized spacial score (nSPS) is 23.7. The molecule has 106 valence electrons. The van der Waals surface area contributed by atoms with Crippen LogP contribution in [0.2, 0.25) is 0 Å². The van der Waals surface area contributed by atoms with Crippen LogP contribution in [0.25, 0.3) is 0 Å². The Morgan fingerprint density at radius 2 is 2.16 bits per heavy atom. The van der Waals surface area contributed by atoms with Crippen LogP contribution in [0.5, 0.6) is 0 Å². The molecule has 1 heterocycles. The molecular formula is C14H24N4O. The van der Waals surface area contributed by atoms with Crippen molar-refractivity contribution in [3.05, 3.63) is 18.2 Å². The average molecular weight is 264 g/mol. The van der Waals surface area contributed by atoms with Crippen LogP contribution in [0.3, 0.4) is 0 Å². The summed E-state index contributed by atoms with van der Waals surface area (Å²) in [6, 6.07) is 0.927. The Labute approximate surface area is 114 Å². The lowest BCUT2D eigenvalue weighted by molar-refractivity contribution is -0.122. The number of rotatable bonds is 5. The third-order valence-corrected chi connectivity index (χ3v) is 4.00. The fourth-order valence-corrected chi connectivity index (χ4v) is 2.76. The molecule has 1 fully saturated rings. The number of nitrogens with two attached hydrogens (primary N) is 1. The SMILES string of the molecule is CC(C)n1cncc1CNC1CCC(C(N)=O)CC1. The Hall–Kier alpha value is -1.36. The molecule has 2 rings (SSSR count). The van der Waals surface area contributed by atoms with E-state index in [4.69, 9.17) is 5.73 Å². The quantitative estimate of drug-likeness (QED) is 0.848. The molecule has 0 spiro atoms. The standard InChI is InChI=1S/C14H24N4O/c1-10(2)18-9-16-7-13(18)8-17-12-5-3-11(4-6-12)14(15)19/h7,9-12,17H,3-6,8H2,1-2H3,(H2,15,19). The number of carbonyl (C=O) groups is 1. The highest BCUT2D eigenvalue weighted by Gasteiger charge is 2.24. The first-order chi connectivity index (χ1) is 9.08. The Kier molecular flexibility index (Phi) is 4.58. The minimum atomic E-state index is -0.142. The average Bonchev–Trinajstić information content (AvgIpc) is 2.85. The number of hydrogen-bond acceptors (Lipinski definition) is 3. The molecule has 1 saturated carbocycles. The number of primary amides is 1. The Bertz CT molecular complexity index is 419. The molecule has 0 radical (unpaired) electrons. The number of imidazole rings is 1. The summed E-state index contributed by atoms with van der Waals surface area (Å²) in [6.45, 7) is 5.15. The van der Waals surface area contributed by atoms with Gasteiger partial charge in [-0.1, -0.05) is 0 Å². The highest BCUT2D eigenvalue weighted by Crippen LogP contribution is 2.24. The smallest absolute Gasteiger partial charge is 0.220 e. The van der Waals surface area contributed by atoms with Gasteiger partial charge in [0.2, 0.25) is 5.91 Å². The van der Waals surface area contributed by atoms with E-state index in [0.717, 1.165) is 32.2 Å². The maximum Gasteiger partial charge on any atom is 0.220 e. The van der Waals surface area contributed by atoms with Crippen molar-refractivity contribution in [1.29, 1.82) is 0 Å². The summed E-state index contributed by atoms with van der Waals surface area (Å²) in [7, 11) is 0. The van der Waals surface area contributed by atoms with Crippen molar-refractivity contribution >= 4 is 5.91 Å². The van der Waals surface area contributed by atoms with E-state index in [2.05, 4.69) is 28.7 Å². The van der Waals surface area contributed by atoms with Crippen LogP contribution in [0.15, 0.2) is 12.5 Å². The fourth-order valence-electron chi connectivity index (χ4n) is 2.76. The van der Waals surface area contributed by atoms with Gasteiger partial charge in [-0.25, -0.2) is 4.98 Å². The first-order valence-electron chi connectivity index (χ1n) is 7.11. The second-order valence-electron chi connectivity index (χ2n) is 5.72. The summed E-state index contributed by atoms with van der Waals surface area (Å²) in [4.78, 5) is 15.3. The van der Waals surface area contributed by atoms with Crippen LogP contribution in [0.1, 0.15) is 51.3 Å². The van der Waals surface area contributed by atoms with Gasteiger partial charge in [-0.3, -0.25) is 4.79 Å².